The molecule has 11 heteroatoms. The van der Waals surface area contributed by atoms with Crippen molar-refractivity contribution in [1.29, 1.82) is 0 Å². The highest BCUT2D eigenvalue weighted by molar-refractivity contribution is 7.99. The lowest BCUT2D eigenvalue weighted by molar-refractivity contribution is -0.00590. The summed E-state index contributed by atoms with van der Waals surface area (Å²) >= 11 is 1.55. The van der Waals surface area contributed by atoms with E-state index in [0.29, 0.717) is 42.0 Å². The number of aromatic amines is 1. The predicted octanol–water partition coefficient (Wildman–Crippen LogP) is 2.61. The molecule has 1 aliphatic heterocycles. The predicted molar refractivity (Wildman–Crippen MR) is 132 cm³/mol. The molecule has 4 aromatic rings. The minimum Gasteiger partial charge on any atom is -0.431 e. The lowest BCUT2D eigenvalue weighted by Gasteiger charge is -2.36. The molecule has 0 spiro atoms. The Morgan fingerprint density at radius 1 is 1.18 bits per heavy atom. The number of nitrogens with one attached hydrogen (secondary N) is 1. The first-order chi connectivity index (χ1) is 16.3. The molecular formula is C23H28N6O4S. The van der Waals surface area contributed by atoms with Gasteiger partial charge in [-0.3, -0.25) is 14.3 Å². The number of aromatic nitrogens is 5. The van der Waals surface area contributed by atoms with Crippen molar-refractivity contribution in [2.24, 2.45) is 13.0 Å². The van der Waals surface area contributed by atoms with Crippen LogP contribution in [-0.4, -0.2) is 55.1 Å². The van der Waals surface area contributed by atoms with E-state index >= 15 is 0 Å². The Hall–Kier alpha value is -3.05. The molecule has 5 rings (SSSR count). The van der Waals surface area contributed by atoms with Crippen molar-refractivity contribution in [3.05, 3.63) is 45.1 Å². The molecule has 0 saturated carbocycles. The Bertz CT molecular complexity index is 1410. The zero-order valence-corrected chi connectivity index (χ0v) is 20.5. The number of para-hydroxylation sites is 2. The van der Waals surface area contributed by atoms with Crippen LogP contribution >= 0.6 is 11.8 Å². The Morgan fingerprint density at radius 3 is 2.65 bits per heavy atom. The van der Waals surface area contributed by atoms with E-state index in [4.69, 9.17) is 14.1 Å². The van der Waals surface area contributed by atoms with E-state index in [1.54, 1.807) is 18.8 Å². The Morgan fingerprint density at radius 2 is 1.91 bits per heavy atom. The summed E-state index contributed by atoms with van der Waals surface area (Å²) in [4.78, 5) is 38.9. The van der Waals surface area contributed by atoms with E-state index < -0.39 is 11.2 Å². The Balaban J connectivity index is 1.46. The van der Waals surface area contributed by atoms with Crippen molar-refractivity contribution in [2.75, 3.05) is 23.7 Å². The number of aryl methyl sites for hydroxylation is 1. The van der Waals surface area contributed by atoms with Gasteiger partial charge >= 0.3 is 5.69 Å². The number of rotatable bonds is 6. The van der Waals surface area contributed by atoms with Gasteiger partial charge in [0.25, 0.3) is 10.8 Å². The average molecular weight is 485 g/mol. The van der Waals surface area contributed by atoms with Crippen molar-refractivity contribution >= 4 is 40.0 Å². The summed E-state index contributed by atoms with van der Waals surface area (Å²) in [6, 6.07) is 7.69. The molecule has 3 aromatic heterocycles. The number of oxazole rings is 1. The molecule has 34 heavy (non-hydrogen) atoms. The smallest absolute Gasteiger partial charge is 0.329 e. The number of benzene rings is 1. The second-order valence-electron chi connectivity index (χ2n) is 9.04. The number of nitrogens with zero attached hydrogens (tertiary/aromatic N) is 5. The van der Waals surface area contributed by atoms with E-state index in [0.717, 1.165) is 16.9 Å². The summed E-state index contributed by atoms with van der Waals surface area (Å²) in [6.07, 6.45) is 0.0671. The molecule has 0 aliphatic carbocycles. The van der Waals surface area contributed by atoms with Crippen molar-refractivity contribution in [3.8, 4) is 0 Å². The maximum Gasteiger partial charge on any atom is 0.329 e. The lowest BCUT2D eigenvalue weighted by atomic mass is 10.2. The molecule has 0 unspecified atom stereocenters. The monoisotopic (exact) mass is 484 g/mol. The van der Waals surface area contributed by atoms with E-state index in [-0.39, 0.29) is 18.1 Å². The Kier molecular flexibility index (Phi) is 5.98. The highest BCUT2D eigenvalue weighted by atomic mass is 32.2. The highest BCUT2D eigenvalue weighted by Gasteiger charge is 2.28. The molecule has 1 N–H and O–H groups in total. The third-order valence-corrected chi connectivity index (χ3v) is 7.11. The maximum atomic E-state index is 12.9. The van der Waals surface area contributed by atoms with Gasteiger partial charge in [-0.1, -0.05) is 30.8 Å². The fourth-order valence-corrected chi connectivity index (χ4v) is 5.31. The second-order valence-corrected chi connectivity index (χ2v) is 10.0. The fourth-order valence-electron chi connectivity index (χ4n) is 4.47. The molecule has 4 heterocycles. The number of fused-ring (bicyclic) bond motifs is 2. The number of H-pyrrole nitrogens is 1. The number of anilines is 1. The van der Waals surface area contributed by atoms with E-state index in [9.17, 15) is 9.59 Å². The van der Waals surface area contributed by atoms with Gasteiger partial charge in [-0.05, 0) is 31.9 Å². The van der Waals surface area contributed by atoms with Crippen LogP contribution in [-0.2, 0) is 18.3 Å². The van der Waals surface area contributed by atoms with Gasteiger partial charge in [-0.15, -0.1) is 0 Å². The van der Waals surface area contributed by atoms with E-state index in [2.05, 4.69) is 21.8 Å². The normalized spacial score (nSPS) is 19.8. The van der Waals surface area contributed by atoms with Crippen LogP contribution in [0.2, 0.25) is 0 Å². The van der Waals surface area contributed by atoms with Gasteiger partial charge in [-0.2, -0.15) is 4.98 Å². The molecule has 0 amide bonds. The van der Waals surface area contributed by atoms with Crippen molar-refractivity contribution in [2.45, 2.75) is 44.7 Å². The van der Waals surface area contributed by atoms with Crippen LogP contribution < -0.4 is 16.1 Å². The zero-order valence-electron chi connectivity index (χ0n) is 19.6. The molecule has 10 nitrogen and oxygen atoms in total. The third kappa shape index (κ3) is 4.25. The van der Waals surface area contributed by atoms with Gasteiger partial charge < -0.3 is 18.6 Å². The van der Waals surface area contributed by atoms with Gasteiger partial charge in [0.2, 0.25) is 5.95 Å². The minimum atomic E-state index is -0.475. The minimum absolute atomic E-state index is 0.0336. The number of imidazole rings is 1. The topological polar surface area (TPSA) is 111 Å². The van der Waals surface area contributed by atoms with Crippen LogP contribution in [0.5, 0.6) is 0 Å². The molecule has 180 valence electrons. The summed E-state index contributed by atoms with van der Waals surface area (Å²) in [6.45, 7) is 8.04. The van der Waals surface area contributed by atoms with Crippen molar-refractivity contribution in [1.82, 2.24) is 24.1 Å². The fraction of sp³-hybridized carbons (Fsp3) is 0.478. The third-order valence-electron chi connectivity index (χ3n) is 5.95. The van der Waals surface area contributed by atoms with Crippen LogP contribution in [0.25, 0.3) is 22.3 Å². The first kappa shape index (κ1) is 22.7. The number of ether oxygens (including phenoxy) is 1. The lowest BCUT2D eigenvalue weighted by Crippen LogP contribution is -2.46. The Labute approximate surface area is 199 Å². The van der Waals surface area contributed by atoms with E-state index in [1.165, 1.54) is 4.57 Å². The molecule has 1 saturated heterocycles. The molecule has 0 radical (unpaired) electrons. The molecule has 0 bridgehead atoms. The van der Waals surface area contributed by atoms with Gasteiger partial charge in [0.15, 0.2) is 16.7 Å². The average Bonchev–Trinajstić information content (AvgIpc) is 3.37. The second kappa shape index (κ2) is 8.95. The van der Waals surface area contributed by atoms with Crippen LogP contribution in [0.1, 0.15) is 20.8 Å². The number of hydrogen-bond acceptors (Lipinski definition) is 8. The van der Waals surface area contributed by atoms with Crippen molar-refractivity contribution in [3.63, 3.8) is 0 Å². The van der Waals surface area contributed by atoms with Crippen LogP contribution in [0, 0.1) is 5.92 Å². The number of thioether (sulfide) groups is 1. The molecule has 1 aromatic carbocycles. The first-order valence-electron chi connectivity index (χ1n) is 11.4. The molecule has 1 fully saturated rings. The van der Waals surface area contributed by atoms with Crippen LogP contribution in [0.4, 0.5) is 5.95 Å². The largest absolute Gasteiger partial charge is 0.431 e. The van der Waals surface area contributed by atoms with Crippen LogP contribution in [0.3, 0.4) is 0 Å². The number of morpholine rings is 1. The standard InChI is InChI=1S/C23H28N6O4S/c1-13(12-34-23-24-16-7-5-6-8-17(16)33-23)9-29-18-19(27(4)22(31)26-20(18)30)25-21(29)28-10-14(2)32-15(3)11-28/h5-8,13-15H,9-12H2,1-4H3,(H,26,30,31)/t13-,14-,15+/m1/s1. The van der Waals surface area contributed by atoms with Gasteiger partial charge in [0, 0.05) is 32.4 Å². The summed E-state index contributed by atoms with van der Waals surface area (Å²) in [5.41, 5.74) is 1.49. The summed E-state index contributed by atoms with van der Waals surface area (Å²) in [7, 11) is 1.62. The first-order valence-corrected chi connectivity index (χ1v) is 12.4. The van der Waals surface area contributed by atoms with Gasteiger partial charge in [-0.25, -0.2) is 9.78 Å². The molecular weight excluding hydrogens is 456 g/mol. The van der Waals surface area contributed by atoms with Crippen LogP contribution in [0.15, 0.2) is 43.5 Å². The summed E-state index contributed by atoms with van der Waals surface area (Å²) in [5, 5.41) is 0.625. The summed E-state index contributed by atoms with van der Waals surface area (Å²) in [5.74, 6) is 1.59. The van der Waals surface area contributed by atoms with E-state index in [1.807, 2.05) is 42.7 Å². The quantitative estimate of drug-likeness (QED) is 0.416. The maximum absolute atomic E-state index is 12.9. The molecule has 3 atom stereocenters. The number of hydrogen-bond donors (Lipinski definition) is 1. The van der Waals surface area contributed by atoms with Crippen molar-refractivity contribution < 1.29 is 9.15 Å². The highest BCUT2D eigenvalue weighted by Crippen LogP contribution is 2.28. The molecule has 1 aliphatic rings. The summed E-state index contributed by atoms with van der Waals surface area (Å²) < 4.78 is 15.1. The van der Waals surface area contributed by atoms with Gasteiger partial charge in [0.1, 0.15) is 5.52 Å². The van der Waals surface area contributed by atoms with Gasteiger partial charge in [0.05, 0.1) is 12.2 Å². The SMILES string of the molecule is C[C@@H](CSc1nc2ccccc2o1)Cn1c(N2C[C@@H](C)O[C@@H](C)C2)nc2c1c(=O)[nH]c(=O)n2C. The zero-order chi connectivity index (χ0) is 24.0.